The third-order valence-electron chi connectivity index (χ3n) is 2.35. The van der Waals surface area contributed by atoms with Crippen LogP contribution in [0.4, 0.5) is 26.3 Å². The van der Waals surface area contributed by atoms with E-state index in [1.807, 2.05) is 0 Å². The fraction of sp³-hybridized carbons (Fsp3) is 0.417. The molecule has 0 aliphatic heterocycles. The number of halogens is 6. The number of rotatable bonds is 3. The number of carbonyl (C=O) groups is 1. The molecule has 1 aromatic rings. The smallest absolute Gasteiger partial charge is 0.475 e. The third kappa shape index (κ3) is 5.53. The predicted molar refractivity (Wildman–Crippen MR) is 63.7 cm³/mol. The van der Waals surface area contributed by atoms with E-state index in [2.05, 4.69) is 0 Å². The van der Waals surface area contributed by atoms with Crippen LogP contribution in [0.15, 0.2) is 18.2 Å². The average Bonchev–Trinajstić information content (AvgIpc) is 2.38. The van der Waals surface area contributed by atoms with Crippen LogP contribution in [0.1, 0.15) is 24.1 Å². The van der Waals surface area contributed by atoms with Crippen molar-refractivity contribution in [3.63, 3.8) is 0 Å². The summed E-state index contributed by atoms with van der Waals surface area (Å²) in [7, 11) is 0. The van der Waals surface area contributed by atoms with Gasteiger partial charge in [-0.25, -0.2) is 9.18 Å². The summed E-state index contributed by atoms with van der Waals surface area (Å²) in [5, 5.41) is 15.6. The molecular weight excluding hydrogens is 320 g/mol. The summed E-state index contributed by atoms with van der Waals surface area (Å²) in [6.45, 7) is 0.0750. The highest BCUT2D eigenvalue weighted by molar-refractivity contribution is 5.73. The van der Waals surface area contributed by atoms with Crippen molar-refractivity contribution in [2.75, 3.05) is 6.61 Å². The monoisotopic (exact) mass is 333 g/mol. The fourth-order valence-corrected chi connectivity index (χ4v) is 1.27. The minimum Gasteiger partial charge on any atom is -0.475 e. The van der Waals surface area contributed by atoms with E-state index < -0.39 is 42.1 Å². The Morgan fingerprint density at radius 3 is 2.05 bits per heavy atom. The van der Waals surface area contributed by atoms with Gasteiger partial charge in [0.25, 0.3) is 5.92 Å². The van der Waals surface area contributed by atoms with E-state index in [-0.39, 0.29) is 5.56 Å². The highest BCUT2D eigenvalue weighted by atomic mass is 19.4. The molecule has 0 spiro atoms. The van der Waals surface area contributed by atoms with Gasteiger partial charge in [-0.1, -0.05) is 12.1 Å². The van der Waals surface area contributed by atoms with Gasteiger partial charge in [0.15, 0.2) is 0 Å². The van der Waals surface area contributed by atoms with Crippen molar-refractivity contribution in [1.29, 1.82) is 0 Å². The lowest BCUT2D eigenvalue weighted by atomic mass is 10.0. The van der Waals surface area contributed by atoms with Gasteiger partial charge in [0.2, 0.25) is 0 Å². The zero-order chi connectivity index (χ0) is 17.7. The number of carboxylic acids is 1. The van der Waals surface area contributed by atoms with Gasteiger partial charge >= 0.3 is 12.1 Å². The first kappa shape index (κ1) is 20.2. The van der Waals surface area contributed by atoms with Crippen LogP contribution in [0, 0.1) is 5.82 Å². The molecule has 0 aromatic heterocycles. The number of nitrogens with two attached hydrogens (primary N) is 1. The molecule has 4 nitrogen and oxygen atoms in total. The Morgan fingerprint density at radius 2 is 1.73 bits per heavy atom. The van der Waals surface area contributed by atoms with E-state index in [0.29, 0.717) is 0 Å². The molecule has 1 unspecified atom stereocenters. The molecular formula is C12H13F6NO3. The van der Waals surface area contributed by atoms with Gasteiger partial charge in [-0.05, 0) is 13.0 Å². The zero-order valence-corrected chi connectivity index (χ0v) is 11.2. The number of hydrogen-bond donors (Lipinski definition) is 3. The van der Waals surface area contributed by atoms with Crippen molar-refractivity contribution in [2.45, 2.75) is 25.1 Å². The van der Waals surface area contributed by atoms with Gasteiger partial charge in [0.1, 0.15) is 12.4 Å². The van der Waals surface area contributed by atoms with Gasteiger partial charge in [-0.15, -0.1) is 0 Å². The molecule has 126 valence electrons. The minimum atomic E-state index is -5.08. The Bertz CT molecular complexity index is 516. The molecule has 0 aliphatic carbocycles. The molecule has 4 N–H and O–H groups in total. The number of hydrogen-bond acceptors (Lipinski definition) is 3. The first-order valence-electron chi connectivity index (χ1n) is 5.67. The number of aliphatic hydroxyl groups is 1. The lowest BCUT2D eigenvalue weighted by Crippen LogP contribution is -2.22. The number of alkyl halides is 5. The van der Waals surface area contributed by atoms with Crippen molar-refractivity contribution in [3.05, 3.63) is 35.1 Å². The van der Waals surface area contributed by atoms with Crippen molar-refractivity contribution >= 4 is 5.97 Å². The average molecular weight is 333 g/mol. The molecule has 0 amide bonds. The van der Waals surface area contributed by atoms with E-state index in [0.717, 1.165) is 6.07 Å². The summed E-state index contributed by atoms with van der Waals surface area (Å²) in [4.78, 5) is 8.90. The maximum atomic E-state index is 13.5. The Hall–Kier alpha value is -1.81. The van der Waals surface area contributed by atoms with Crippen LogP contribution >= 0.6 is 0 Å². The van der Waals surface area contributed by atoms with E-state index in [1.165, 1.54) is 19.1 Å². The third-order valence-corrected chi connectivity index (χ3v) is 2.35. The van der Waals surface area contributed by atoms with Gasteiger partial charge in [-0.2, -0.15) is 22.0 Å². The molecule has 0 saturated carbocycles. The van der Waals surface area contributed by atoms with Crippen LogP contribution in [0.3, 0.4) is 0 Å². The van der Waals surface area contributed by atoms with Crippen LogP contribution in [-0.4, -0.2) is 29.0 Å². The molecule has 0 radical (unpaired) electrons. The summed E-state index contributed by atoms with van der Waals surface area (Å²) in [5.74, 6) is -7.38. The van der Waals surface area contributed by atoms with Gasteiger partial charge in [0.05, 0.1) is 5.56 Å². The first-order chi connectivity index (χ1) is 9.84. The number of aliphatic carboxylic acids is 1. The highest BCUT2D eigenvalue weighted by Crippen LogP contribution is 2.31. The molecule has 0 bridgehead atoms. The Kier molecular flexibility index (Phi) is 6.84. The molecule has 1 rings (SSSR count). The molecule has 10 heteroatoms. The molecule has 0 saturated heterocycles. The molecule has 1 aromatic carbocycles. The summed E-state index contributed by atoms with van der Waals surface area (Å²) in [5.41, 5.74) is 4.62. The number of benzene rings is 1. The van der Waals surface area contributed by atoms with Crippen molar-refractivity contribution in [1.82, 2.24) is 0 Å². The van der Waals surface area contributed by atoms with Crippen LogP contribution < -0.4 is 5.73 Å². The predicted octanol–water partition coefficient (Wildman–Crippen LogP) is 2.56. The topological polar surface area (TPSA) is 83.5 Å². The van der Waals surface area contributed by atoms with E-state index in [4.69, 9.17) is 20.7 Å². The largest absolute Gasteiger partial charge is 0.490 e. The lowest BCUT2D eigenvalue weighted by molar-refractivity contribution is -0.192. The van der Waals surface area contributed by atoms with Crippen LogP contribution in [0.25, 0.3) is 0 Å². The number of carboxylic acid groups (broad SMARTS) is 1. The molecule has 1 atom stereocenters. The van der Waals surface area contributed by atoms with Crippen molar-refractivity contribution < 1.29 is 41.4 Å². The van der Waals surface area contributed by atoms with Crippen LogP contribution in [0.5, 0.6) is 0 Å². The first-order valence-corrected chi connectivity index (χ1v) is 5.67. The SMILES string of the molecule is CC(N)c1cccc(C(F)(F)CO)c1F.O=C(O)C(F)(F)F. The molecule has 0 aliphatic rings. The minimum absolute atomic E-state index is 0.0145. The highest BCUT2D eigenvalue weighted by Gasteiger charge is 2.38. The Morgan fingerprint density at radius 1 is 1.27 bits per heavy atom. The lowest BCUT2D eigenvalue weighted by Gasteiger charge is -2.17. The second kappa shape index (κ2) is 7.45. The van der Waals surface area contributed by atoms with Gasteiger partial charge in [-0.3, -0.25) is 0 Å². The summed E-state index contributed by atoms with van der Waals surface area (Å²) >= 11 is 0. The van der Waals surface area contributed by atoms with Gasteiger partial charge < -0.3 is 15.9 Å². The van der Waals surface area contributed by atoms with E-state index in [9.17, 15) is 26.3 Å². The summed E-state index contributed by atoms with van der Waals surface area (Å²) < 4.78 is 71.4. The normalized spacial score (nSPS) is 13.1. The molecule has 0 heterocycles. The summed E-state index contributed by atoms with van der Waals surface area (Å²) in [6, 6.07) is 2.91. The van der Waals surface area contributed by atoms with Gasteiger partial charge in [0, 0.05) is 11.6 Å². The van der Waals surface area contributed by atoms with E-state index >= 15 is 0 Å². The molecule has 0 fully saturated rings. The molecule has 22 heavy (non-hydrogen) atoms. The van der Waals surface area contributed by atoms with E-state index in [1.54, 1.807) is 0 Å². The summed E-state index contributed by atoms with van der Waals surface area (Å²) in [6.07, 6.45) is -5.08. The van der Waals surface area contributed by atoms with Crippen LogP contribution in [0.2, 0.25) is 0 Å². The second-order valence-corrected chi connectivity index (χ2v) is 4.16. The zero-order valence-electron chi connectivity index (χ0n) is 11.2. The maximum Gasteiger partial charge on any atom is 0.490 e. The van der Waals surface area contributed by atoms with Crippen LogP contribution in [-0.2, 0) is 10.7 Å². The Balaban J connectivity index is 0.000000534. The fourth-order valence-electron chi connectivity index (χ4n) is 1.27. The van der Waals surface area contributed by atoms with Crippen molar-refractivity contribution in [2.24, 2.45) is 5.73 Å². The van der Waals surface area contributed by atoms with Crippen molar-refractivity contribution in [3.8, 4) is 0 Å². The standard InChI is InChI=1S/C10H12F3NO.C2HF3O2/c1-6(14)7-3-2-4-8(9(7)11)10(12,13)5-15;3-2(4,5)1(6)7/h2-4,6,15H,5,14H2,1H3;(H,6,7). The Labute approximate surface area is 121 Å². The second-order valence-electron chi connectivity index (χ2n) is 4.16. The quantitative estimate of drug-likeness (QED) is 0.743. The number of aliphatic hydroxyl groups excluding tert-OH is 1. The maximum absolute atomic E-state index is 13.5.